The van der Waals surface area contributed by atoms with Crippen LogP contribution in [0.1, 0.15) is 0 Å². The summed E-state index contributed by atoms with van der Waals surface area (Å²) < 4.78 is 32.3. The Morgan fingerprint density at radius 2 is 1.52 bits per heavy atom. The Balaban J connectivity index is 1.61. The maximum Gasteiger partial charge on any atom is 0.324 e. The molecule has 0 amide bonds. The van der Waals surface area contributed by atoms with Crippen LogP contribution in [-0.2, 0) is 14.8 Å². The second-order valence-electron chi connectivity index (χ2n) is 6.23. The summed E-state index contributed by atoms with van der Waals surface area (Å²) in [5.41, 5.74) is 0. The lowest BCUT2D eigenvalue weighted by atomic mass is 10.2. The van der Waals surface area contributed by atoms with Crippen LogP contribution in [-0.4, -0.2) is 67.5 Å². The van der Waals surface area contributed by atoms with Gasteiger partial charge in [0.15, 0.2) is 0 Å². The number of carbonyl (C=O) groups is 1. The first-order valence-corrected chi connectivity index (χ1v) is 10.1. The van der Waals surface area contributed by atoms with E-state index in [4.69, 9.17) is 4.74 Å². The van der Waals surface area contributed by atoms with E-state index in [2.05, 4.69) is 0 Å². The predicted octanol–water partition coefficient (Wildman–Crippen LogP) is 1.53. The van der Waals surface area contributed by atoms with Gasteiger partial charge >= 0.3 is 5.97 Å². The topological polar surface area (TPSA) is 87.2 Å². The van der Waals surface area contributed by atoms with Gasteiger partial charge in [-0.3, -0.25) is 9.69 Å². The van der Waals surface area contributed by atoms with Crippen LogP contribution in [0.3, 0.4) is 0 Å². The highest BCUT2D eigenvalue weighted by molar-refractivity contribution is 7.89. The Bertz CT molecular complexity index is 850. The number of carboxylic acids is 1. The molecule has 3 rings (SSSR count). The molecule has 8 heteroatoms. The zero-order valence-corrected chi connectivity index (χ0v) is 15.6. The fourth-order valence-corrected chi connectivity index (χ4v) is 4.47. The fourth-order valence-electron chi connectivity index (χ4n) is 3.02. The second-order valence-corrected chi connectivity index (χ2v) is 8.17. The van der Waals surface area contributed by atoms with E-state index in [9.17, 15) is 18.3 Å². The van der Waals surface area contributed by atoms with Gasteiger partial charge in [-0.15, -0.1) is 0 Å². The van der Waals surface area contributed by atoms with Crippen LogP contribution in [0.25, 0.3) is 0 Å². The molecule has 1 atom stereocenters. The Labute approximate surface area is 158 Å². The average molecular weight is 390 g/mol. The van der Waals surface area contributed by atoms with Gasteiger partial charge in [-0.2, -0.15) is 4.31 Å². The minimum atomic E-state index is -3.56. The van der Waals surface area contributed by atoms with Gasteiger partial charge in [-0.25, -0.2) is 8.42 Å². The number of aliphatic carboxylic acids is 1. The van der Waals surface area contributed by atoms with Crippen molar-refractivity contribution in [3.05, 3.63) is 60.7 Å². The Hall–Kier alpha value is -2.42. The fraction of sp³-hybridized carbons (Fsp3) is 0.316. The van der Waals surface area contributed by atoms with Gasteiger partial charge in [0.05, 0.1) is 4.90 Å². The van der Waals surface area contributed by atoms with Crippen LogP contribution in [0, 0.1) is 0 Å². The number of benzene rings is 2. The molecule has 1 aliphatic rings. The summed E-state index contributed by atoms with van der Waals surface area (Å²) in [5, 5.41) is 9.55. The summed E-state index contributed by atoms with van der Waals surface area (Å²) in [7, 11) is -3.56. The van der Waals surface area contributed by atoms with Crippen molar-refractivity contribution in [2.24, 2.45) is 0 Å². The first-order valence-electron chi connectivity index (χ1n) is 8.68. The third-order valence-electron chi connectivity index (χ3n) is 4.53. The number of para-hydroxylation sites is 1. The second kappa shape index (κ2) is 8.51. The number of rotatable bonds is 7. The van der Waals surface area contributed by atoms with Gasteiger partial charge in [0.25, 0.3) is 0 Å². The van der Waals surface area contributed by atoms with Crippen molar-refractivity contribution in [3.8, 4) is 5.75 Å². The average Bonchev–Trinajstić information content (AvgIpc) is 2.70. The molecule has 1 heterocycles. The number of ether oxygens (including phenoxy) is 1. The van der Waals surface area contributed by atoms with E-state index < -0.39 is 22.0 Å². The maximum atomic E-state index is 12.7. The molecule has 2 aromatic carbocycles. The van der Waals surface area contributed by atoms with Crippen LogP contribution in [0.4, 0.5) is 0 Å². The maximum absolute atomic E-state index is 12.7. The van der Waals surface area contributed by atoms with E-state index in [0.717, 1.165) is 0 Å². The third kappa shape index (κ3) is 4.65. The van der Waals surface area contributed by atoms with Crippen LogP contribution in [0.15, 0.2) is 65.6 Å². The first-order chi connectivity index (χ1) is 13.0. The van der Waals surface area contributed by atoms with Crippen LogP contribution >= 0.6 is 0 Å². The van der Waals surface area contributed by atoms with E-state index in [1.807, 2.05) is 18.2 Å². The summed E-state index contributed by atoms with van der Waals surface area (Å²) in [6.07, 6.45) is 0. The highest BCUT2D eigenvalue weighted by Gasteiger charge is 2.33. The molecule has 1 aliphatic heterocycles. The predicted molar refractivity (Wildman–Crippen MR) is 100 cm³/mol. The zero-order valence-electron chi connectivity index (χ0n) is 14.8. The summed E-state index contributed by atoms with van der Waals surface area (Å²) in [5.74, 6) is -0.376. The van der Waals surface area contributed by atoms with Crippen molar-refractivity contribution in [3.63, 3.8) is 0 Å². The Morgan fingerprint density at radius 3 is 2.07 bits per heavy atom. The van der Waals surface area contributed by atoms with E-state index in [1.165, 1.54) is 4.31 Å². The highest BCUT2D eigenvalue weighted by Crippen LogP contribution is 2.19. The molecular formula is C19H22N2O5S. The van der Waals surface area contributed by atoms with Crippen molar-refractivity contribution in [1.82, 2.24) is 9.21 Å². The quantitative estimate of drug-likeness (QED) is 0.771. The minimum absolute atomic E-state index is 0.00474. The SMILES string of the molecule is O=C(O)C(COc1ccccc1)N1CCN(S(=O)(=O)c2ccccc2)CC1. The number of nitrogens with zero attached hydrogens (tertiary/aromatic N) is 2. The molecular weight excluding hydrogens is 368 g/mol. The van der Waals surface area contributed by atoms with Crippen LogP contribution in [0.5, 0.6) is 5.75 Å². The molecule has 1 unspecified atom stereocenters. The summed E-state index contributed by atoms with van der Waals surface area (Å²) in [4.78, 5) is 13.7. The van der Waals surface area contributed by atoms with Crippen molar-refractivity contribution in [2.45, 2.75) is 10.9 Å². The summed E-state index contributed by atoms with van der Waals surface area (Å²) >= 11 is 0. The largest absolute Gasteiger partial charge is 0.491 e. The molecule has 0 saturated carbocycles. The van der Waals surface area contributed by atoms with Crippen molar-refractivity contribution in [1.29, 1.82) is 0 Å². The summed E-state index contributed by atoms with van der Waals surface area (Å²) in [6, 6.07) is 16.5. The van der Waals surface area contributed by atoms with Gasteiger partial charge in [0, 0.05) is 26.2 Å². The summed E-state index contributed by atoms with van der Waals surface area (Å²) in [6.45, 7) is 1.16. The Kier molecular flexibility index (Phi) is 6.10. The lowest BCUT2D eigenvalue weighted by Gasteiger charge is -2.36. The molecule has 0 bridgehead atoms. The van der Waals surface area contributed by atoms with Gasteiger partial charge in [0.2, 0.25) is 10.0 Å². The standard InChI is InChI=1S/C19H22N2O5S/c22-19(23)18(15-26-16-7-3-1-4-8-16)20-11-13-21(14-12-20)27(24,25)17-9-5-2-6-10-17/h1-10,18H,11-15H2,(H,22,23). The molecule has 1 N–H and O–H groups in total. The lowest BCUT2D eigenvalue weighted by Crippen LogP contribution is -2.55. The van der Waals surface area contributed by atoms with Crippen molar-refractivity contribution >= 4 is 16.0 Å². The van der Waals surface area contributed by atoms with E-state index in [0.29, 0.717) is 18.8 Å². The molecule has 1 saturated heterocycles. The lowest BCUT2D eigenvalue weighted by molar-refractivity contribution is -0.145. The minimum Gasteiger partial charge on any atom is -0.491 e. The van der Waals surface area contributed by atoms with E-state index >= 15 is 0 Å². The molecule has 0 aliphatic carbocycles. The smallest absolute Gasteiger partial charge is 0.324 e. The molecule has 27 heavy (non-hydrogen) atoms. The molecule has 7 nitrogen and oxygen atoms in total. The van der Waals surface area contributed by atoms with E-state index in [-0.39, 0.29) is 24.6 Å². The number of piperazine rings is 1. The van der Waals surface area contributed by atoms with Crippen molar-refractivity contribution in [2.75, 3.05) is 32.8 Å². The van der Waals surface area contributed by atoms with Gasteiger partial charge in [0.1, 0.15) is 18.4 Å². The molecule has 144 valence electrons. The molecule has 2 aromatic rings. The molecule has 0 aromatic heterocycles. The highest BCUT2D eigenvalue weighted by atomic mass is 32.2. The van der Waals surface area contributed by atoms with Gasteiger partial charge in [-0.1, -0.05) is 36.4 Å². The van der Waals surface area contributed by atoms with Crippen LogP contribution < -0.4 is 4.74 Å². The first kappa shape index (κ1) is 19.3. The number of carboxylic acid groups (broad SMARTS) is 1. The molecule has 1 fully saturated rings. The monoisotopic (exact) mass is 390 g/mol. The normalized spacial score (nSPS) is 17.3. The van der Waals surface area contributed by atoms with Gasteiger partial charge in [-0.05, 0) is 24.3 Å². The third-order valence-corrected chi connectivity index (χ3v) is 6.44. The number of hydrogen-bond donors (Lipinski definition) is 1. The van der Waals surface area contributed by atoms with Crippen molar-refractivity contribution < 1.29 is 23.1 Å². The Morgan fingerprint density at radius 1 is 0.963 bits per heavy atom. The van der Waals surface area contributed by atoms with E-state index in [1.54, 1.807) is 47.4 Å². The zero-order chi connectivity index (χ0) is 19.3. The number of sulfonamides is 1. The molecule has 0 spiro atoms. The number of hydrogen-bond acceptors (Lipinski definition) is 5. The van der Waals surface area contributed by atoms with Gasteiger partial charge < -0.3 is 9.84 Å². The van der Waals surface area contributed by atoms with Crippen LogP contribution in [0.2, 0.25) is 0 Å². The molecule has 0 radical (unpaired) electrons.